The van der Waals surface area contributed by atoms with Gasteiger partial charge in [0.25, 0.3) is 5.91 Å². The molecular weight excluding hydrogens is 472 g/mol. The van der Waals surface area contributed by atoms with Gasteiger partial charge in [-0.1, -0.05) is 6.07 Å². The van der Waals surface area contributed by atoms with Gasteiger partial charge < -0.3 is 15.0 Å². The van der Waals surface area contributed by atoms with Crippen molar-refractivity contribution in [2.75, 3.05) is 38.5 Å². The summed E-state index contributed by atoms with van der Waals surface area (Å²) in [5.74, 6) is 0.829. The predicted molar refractivity (Wildman–Crippen MR) is 144 cm³/mol. The summed E-state index contributed by atoms with van der Waals surface area (Å²) in [5.41, 5.74) is 3.78. The number of aromatic nitrogens is 4. The van der Waals surface area contributed by atoms with Crippen molar-refractivity contribution in [3.63, 3.8) is 0 Å². The maximum Gasteiger partial charge on any atom is 0.253 e. The second-order valence-corrected chi connectivity index (χ2v) is 9.22. The fraction of sp³-hybridized carbons (Fsp3) is 0.296. The Morgan fingerprint density at radius 1 is 1.03 bits per heavy atom. The number of carbonyl (C=O) groups is 1. The summed E-state index contributed by atoms with van der Waals surface area (Å²) >= 11 is 1.55. The molecule has 186 valence electrons. The van der Waals surface area contributed by atoms with Gasteiger partial charge >= 0.3 is 0 Å². The van der Waals surface area contributed by atoms with Crippen LogP contribution in [0.3, 0.4) is 0 Å². The summed E-state index contributed by atoms with van der Waals surface area (Å²) in [6.07, 6.45) is 9.48. The quantitative estimate of drug-likeness (QED) is 0.383. The van der Waals surface area contributed by atoms with Crippen LogP contribution in [-0.2, 0) is 11.3 Å². The molecule has 0 aliphatic carbocycles. The molecule has 5 rings (SSSR count). The molecule has 1 aliphatic heterocycles. The molecule has 1 fully saturated rings. The predicted octanol–water partition coefficient (Wildman–Crippen LogP) is 4.60. The highest BCUT2D eigenvalue weighted by Gasteiger charge is 2.14. The van der Waals surface area contributed by atoms with Crippen molar-refractivity contribution in [2.45, 2.75) is 24.3 Å². The van der Waals surface area contributed by atoms with Crippen LogP contribution in [0.4, 0.5) is 5.82 Å². The SMILES string of the molecule is COC.CSc1cncc(C(=O)NCc2cc3nc(-c4cccc(N5CCCC5)n4)ccc3cn2)c1. The van der Waals surface area contributed by atoms with E-state index in [1.807, 2.05) is 42.7 Å². The number of nitrogens with zero attached hydrogens (tertiary/aromatic N) is 5. The molecule has 1 saturated heterocycles. The average Bonchev–Trinajstić information content (AvgIpc) is 3.47. The van der Waals surface area contributed by atoms with Crippen molar-refractivity contribution in [1.82, 2.24) is 25.3 Å². The molecule has 1 N–H and O–H groups in total. The minimum atomic E-state index is -0.176. The second kappa shape index (κ2) is 12.4. The van der Waals surface area contributed by atoms with Gasteiger partial charge in [-0.05, 0) is 55.5 Å². The lowest BCUT2D eigenvalue weighted by Crippen LogP contribution is -2.23. The van der Waals surface area contributed by atoms with Crippen LogP contribution in [0.5, 0.6) is 0 Å². The summed E-state index contributed by atoms with van der Waals surface area (Å²) in [7, 11) is 3.25. The first-order valence-corrected chi connectivity index (χ1v) is 13.0. The monoisotopic (exact) mass is 502 g/mol. The van der Waals surface area contributed by atoms with Crippen LogP contribution in [0.25, 0.3) is 22.3 Å². The zero-order chi connectivity index (χ0) is 25.3. The number of amides is 1. The largest absolute Gasteiger partial charge is 0.388 e. The van der Waals surface area contributed by atoms with E-state index in [4.69, 9.17) is 9.97 Å². The van der Waals surface area contributed by atoms with Gasteiger partial charge in [0.1, 0.15) is 5.82 Å². The van der Waals surface area contributed by atoms with Crippen LogP contribution < -0.4 is 10.2 Å². The maximum atomic E-state index is 12.5. The van der Waals surface area contributed by atoms with E-state index in [1.165, 1.54) is 12.8 Å². The van der Waals surface area contributed by atoms with Gasteiger partial charge in [-0.2, -0.15) is 0 Å². The summed E-state index contributed by atoms with van der Waals surface area (Å²) < 4.78 is 4.25. The Morgan fingerprint density at radius 2 is 1.81 bits per heavy atom. The van der Waals surface area contributed by atoms with Gasteiger partial charge in [-0.15, -0.1) is 11.8 Å². The Balaban J connectivity index is 0.000000967. The number of anilines is 1. The Labute approximate surface area is 215 Å². The molecule has 5 heterocycles. The van der Waals surface area contributed by atoms with Gasteiger partial charge in [0, 0.05) is 56.2 Å². The average molecular weight is 503 g/mol. The molecule has 4 aromatic heterocycles. The molecule has 0 atom stereocenters. The number of rotatable bonds is 6. The van der Waals surface area contributed by atoms with E-state index in [1.54, 1.807) is 44.6 Å². The number of ether oxygens (including phenoxy) is 1. The summed E-state index contributed by atoms with van der Waals surface area (Å²) in [6.45, 7) is 2.42. The van der Waals surface area contributed by atoms with Crippen LogP contribution in [0, 0.1) is 0 Å². The van der Waals surface area contributed by atoms with Crippen LogP contribution in [0.2, 0.25) is 0 Å². The molecular formula is C27H30N6O2S. The number of carbonyl (C=O) groups excluding carboxylic acids is 1. The number of fused-ring (bicyclic) bond motifs is 1. The zero-order valence-corrected chi connectivity index (χ0v) is 21.6. The molecule has 36 heavy (non-hydrogen) atoms. The number of hydrogen-bond donors (Lipinski definition) is 1. The molecule has 1 aliphatic rings. The molecule has 0 bridgehead atoms. The van der Waals surface area contributed by atoms with E-state index < -0.39 is 0 Å². The van der Waals surface area contributed by atoms with Crippen LogP contribution in [-0.4, -0.2) is 59.4 Å². The first-order valence-electron chi connectivity index (χ1n) is 11.8. The van der Waals surface area contributed by atoms with Crippen LogP contribution in [0.1, 0.15) is 28.9 Å². The van der Waals surface area contributed by atoms with Gasteiger partial charge in [0.15, 0.2) is 0 Å². The fourth-order valence-electron chi connectivity index (χ4n) is 3.91. The highest BCUT2D eigenvalue weighted by Crippen LogP contribution is 2.24. The van der Waals surface area contributed by atoms with Crippen molar-refractivity contribution in [2.24, 2.45) is 0 Å². The van der Waals surface area contributed by atoms with Crippen molar-refractivity contribution in [3.8, 4) is 11.4 Å². The molecule has 1 amide bonds. The zero-order valence-electron chi connectivity index (χ0n) is 20.8. The third-order valence-corrected chi connectivity index (χ3v) is 6.39. The maximum absolute atomic E-state index is 12.5. The third kappa shape index (κ3) is 6.35. The topological polar surface area (TPSA) is 93.1 Å². The standard InChI is InChI=1S/C25H24N6OS.C2H6O/c1-33-20-11-18(13-26-16-20)25(32)28-15-19-12-23-17(14-27-19)7-8-22(29-23)21-5-4-6-24(30-21)31-9-2-3-10-31;1-3-2/h4-8,11-14,16H,2-3,9-10,15H2,1H3,(H,28,32);1-2H3. The first kappa shape index (κ1) is 25.5. The van der Waals surface area contributed by atoms with E-state index in [0.717, 1.165) is 51.8 Å². The number of methoxy groups -OCH3 is 1. The molecule has 8 nitrogen and oxygen atoms in total. The lowest BCUT2D eigenvalue weighted by molar-refractivity contribution is 0.0950. The van der Waals surface area contributed by atoms with Crippen LogP contribution >= 0.6 is 11.8 Å². The molecule has 4 aromatic rings. The van der Waals surface area contributed by atoms with E-state index in [2.05, 4.69) is 31.0 Å². The highest BCUT2D eigenvalue weighted by atomic mass is 32.2. The minimum Gasteiger partial charge on any atom is -0.388 e. The van der Waals surface area contributed by atoms with Crippen LogP contribution in [0.15, 0.2) is 66.0 Å². The summed E-state index contributed by atoms with van der Waals surface area (Å²) in [6, 6.07) is 13.8. The lowest BCUT2D eigenvalue weighted by atomic mass is 10.2. The Morgan fingerprint density at radius 3 is 2.58 bits per heavy atom. The van der Waals surface area contributed by atoms with Gasteiger partial charge in [-0.25, -0.2) is 9.97 Å². The molecule has 0 aromatic carbocycles. The smallest absolute Gasteiger partial charge is 0.253 e. The lowest BCUT2D eigenvalue weighted by Gasteiger charge is -2.16. The van der Waals surface area contributed by atoms with Gasteiger partial charge in [0.2, 0.25) is 0 Å². The minimum absolute atomic E-state index is 0.176. The molecule has 0 unspecified atom stereocenters. The molecule has 9 heteroatoms. The Kier molecular flexibility index (Phi) is 8.80. The van der Waals surface area contributed by atoms with E-state index in [9.17, 15) is 4.79 Å². The van der Waals surface area contributed by atoms with E-state index in [0.29, 0.717) is 12.1 Å². The van der Waals surface area contributed by atoms with Crippen molar-refractivity contribution in [1.29, 1.82) is 0 Å². The number of hydrogen-bond acceptors (Lipinski definition) is 8. The molecule has 0 saturated carbocycles. The van der Waals surface area contributed by atoms with Crippen molar-refractivity contribution < 1.29 is 9.53 Å². The van der Waals surface area contributed by atoms with Gasteiger partial charge in [0.05, 0.1) is 34.7 Å². The van der Waals surface area contributed by atoms with Crippen molar-refractivity contribution >= 4 is 34.4 Å². The second-order valence-electron chi connectivity index (χ2n) is 8.34. The fourth-order valence-corrected chi connectivity index (χ4v) is 4.32. The van der Waals surface area contributed by atoms with Gasteiger partial charge in [-0.3, -0.25) is 14.8 Å². The number of thioether (sulfide) groups is 1. The molecule has 0 radical (unpaired) electrons. The summed E-state index contributed by atoms with van der Waals surface area (Å²) in [4.78, 5) is 34.1. The molecule has 0 spiro atoms. The van der Waals surface area contributed by atoms with E-state index >= 15 is 0 Å². The number of pyridine rings is 4. The highest BCUT2D eigenvalue weighted by molar-refractivity contribution is 7.98. The third-order valence-electron chi connectivity index (χ3n) is 5.70. The summed E-state index contributed by atoms with van der Waals surface area (Å²) in [5, 5.41) is 3.87. The Bertz CT molecular complexity index is 1330. The van der Waals surface area contributed by atoms with E-state index in [-0.39, 0.29) is 5.91 Å². The van der Waals surface area contributed by atoms with Crippen molar-refractivity contribution in [3.05, 3.63) is 72.3 Å². The normalized spacial score (nSPS) is 12.8. The Hall–Kier alpha value is -3.56. The number of nitrogens with one attached hydrogen (secondary N) is 1. The first-order chi connectivity index (χ1) is 17.6.